The molecule has 0 unspecified atom stereocenters. The van der Waals surface area contributed by atoms with Crippen LogP contribution in [0, 0.1) is 0 Å². The monoisotopic (exact) mass is 580 g/mol. The van der Waals surface area contributed by atoms with Crippen molar-refractivity contribution < 1.29 is 27.5 Å². The summed E-state index contributed by atoms with van der Waals surface area (Å²) < 4.78 is 38.1. The maximum atomic E-state index is 13.0. The molecule has 0 spiro atoms. The average Bonchev–Trinajstić information content (AvgIpc) is 3.27. The minimum Gasteiger partial charge on any atom is -0.447 e. The lowest BCUT2D eigenvalue weighted by Gasteiger charge is -2.28. The number of sulfonamides is 1. The van der Waals surface area contributed by atoms with Gasteiger partial charge in [-0.2, -0.15) is 0 Å². The van der Waals surface area contributed by atoms with E-state index in [1.54, 1.807) is 59.0 Å². The largest absolute Gasteiger partial charge is 0.447 e. The summed E-state index contributed by atoms with van der Waals surface area (Å²) in [6, 6.07) is 5.14. The second-order valence-corrected chi connectivity index (χ2v) is 14.8. The van der Waals surface area contributed by atoms with Crippen molar-refractivity contribution in [1.82, 2.24) is 10.3 Å². The molecule has 3 N–H and O–H groups in total. The van der Waals surface area contributed by atoms with E-state index in [1.807, 2.05) is 13.8 Å². The molecule has 0 atom stereocenters. The Morgan fingerprint density at radius 1 is 1.00 bits per heavy atom. The molecule has 1 aliphatic carbocycles. The Morgan fingerprint density at radius 3 is 2.21 bits per heavy atom. The number of hydrogen-bond donors (Lipinski definition) is 3. The SMILES string of the molecule is CC(C)OC(=O)Nc1ccc(-c2cnc(C3CCC(NC(=O)OC(C)C)CC3)s2)c(NS(=O)(=O)C(C)(C)C)c1. The van der Waals surface area contributed by atoms with Crippen molar-refractivity contribution in [2.45, 2.75) is 103 Å². The fourth-order valence-corrected chi connectivity index (χ4v) is 5.97. The molecule has 0 saturated heterocycles. The normalized spacial score (nSPS) is 18.1. The highest BCUT2D eigenvalue weighted by Gasteiger charge is 2.31. The third-order valence-electron chi connectivity index (χ3n) is 6.19. The number of thiazole rings is 1. The number of alkyl carbamates (subject to hydrolysis) is 1. The van der Waals surface area contributed by atoms with Gasteiger partial charge in [0.25, 0.3) is 0 Å². The molecule has 1 aromatic heterocycles. The van der Waals surface area contributed by atoms with E-state index in [9.17, 15) is 18.0 Å². The first kappa shape index (κ1) is 30.7. The van der Waals surface area contributed by atoms with E-state index in [1.165, 1.54) is 11.3 Å². The van der Waals surface area contributed by atoms with Crippen LogP contribution in [0.1, 0.15) is 85.1 Å². The summed E-state index contributed by atoms with van der Waals surface area (Å²) in [4.78, 5) is 29.5. The fourth-order valence-electron chi connectivity index (χ4n) is 4.08. The predicted molar refractivity (Wildman–Crippen MR) is 155 cm³/mol. The lowest BCUT2D eigenvalue weighted by molar-refractivity contribution is 0.109. The fraction of sp³-hybridized carbons (Fsp3) is 0.593. The molecule has 12 heteroatoms. The zero-order valence-corrected chi connectivity index (χ0v) is 25.3. The molecule has 2 amide bonds. The van der Waals surface area contributed by atoms with Gasteiger partial charge in [-0.25, -0.2) is 23.0 Å². The van der Waals surface area contributed by atoms with Gasteiger partial charge in [-0.05, 0) is 92.3 Å². The third kappa shape index (κ3) is 8.56. The molecule has 3 rings (SSSR count). The lowest BCUT2D eigenvalue weighted by Crippen LogP contribution is -2.38. The topological polar surface area (TPSA) is 136 Å². The quantitative estimate of drug-likeness (QED) is 0.326. The van der Waals surface area contributed by atoms with Crippen LogP contribution < -0.4 is 15.4 Å². The minimum atomic E-state index is -3.74. The van der Waals surface area contributed by atoms with Crippen LogP contribution in [0.25, 0.3) is 10.4 Å². The Morgan fingerprint density at radius 2 is 1.62 bits per heavy atom. The molecule has 1 aliphatic rings. The molecule has 216 valence electrons. The second-order valence-electron chi connectivity index (χ2n) is 11.3. The third-order valence-corrected chi connectivity index (χ3v) is 9.48. The average molecular weight is 581 g/mol. The summed E-state index contributed by atoms with van der Waals surface area (Å²) in [6.45, 7) is 12.0. The molecule has 0 aliphatic heterocycles. The Labute approximate surface area is 235 Å². The van der Waals surface area contributed by atoms with Crippen molar-refractivity contribution in [2.24, 2.45) is 0 Å². The highest BCUT2D eigenvalue weighted by atomic mass is 32.2. The standard InChI is InChI=1S/C27H40N4O6S2/c1-16(2)36-25(32)29-19-10-8-18(9-11-19)24-28-15-23(38-24)21-13-12-20(30-26(33)37-17(3)4)14-22(21)31-39(34,35)27(5,6)7/h12-19,31H,8-11H2,1-7H3,(H,29,32)(H,30,33). The van der Waals surface area contributed by atoms with E-state index in [2.05, 4.69) is 20.3 Å². The van der Waals surface area contributed by atoms with Crippen molar-refractivity contribution in [2.75, 3.05) is 10.0 Å². The minimum absolute atomic E-state index is 0.0766. The number of ether oxygens (including phenoxy) is 2. The number of rotatable bonds is 8. The number of carbonyl (C=O) groups excluding carboxylic acids is 2. The molecular weight excluding hydrogens is 540 g/mol. The first-order valence-corrected chi connectivity index (χ1v) is 15.5. The van der Waals surface area contributed by atoms with E-state index in [0.717, 1.165) is 35.6 Å². The number of nitrogens with one attached hydrogen (secondary N) is 3. The number of anilines is 2. The predicted octanol–water partition coefficient (Wildman–Crippen LogP) is 6.47. The number of benzene rings is 1. The zero-order valence-electron chi connectivity index (χ0n) is 23.7. The van der Waals surface area contributed by atoms with E-state index in [0.29, 0.717) is 16.9 Å². The Kier molecular flexibility index (Phi) is 9.87. The molecule has 2 aromatic rings. The van der Waals surface area contributed by atoms with Gasteiger partial charge in [0, 0.05) is 29.4 Å². The first-order chi connectivity index (χ1) is 18.1. The van der Waals surface area contributed by atoms with Gasteiger partial charge < -0.3 is 14.8 Å². The molecule has 10 nitrogen and oxygen atoms in total. The van der Waals surface area contributed by atoms with Gasteiger partial charge in [0.2, 0.25) is 10.0 Å². The smallest absolute Gasteiger partial charge is 0.411 e. The highest BCUT2D eigenvalue weighted by Crippen LogP contribution is 2.41. The summed E-state index contributed by atoms with van der Waals surface area (Å²) >= 11 is 1.52. The van der Waals surface area contributed by atoms with E-state index < -0.39 is 20.9 Å². The van der Waals surface area contributed by atoms with E-state index in [-0.39, 0.29) is 30.3 Å². The summed E-state index contributed by atoms with van der Waals surface area (Å²) in [5.41, 5.74) is 1.42. The zero-order chi connectivity index (χ0) is 29.0. The molecule has 1 fully saturated rings. The Balaban J connectivity index is 1.80. The van der Waals surface area contributed by atoms with Crippen LogP contribution >= 0.6 is 11.3 Å². The van der Waals surface area contributed by atoms with Crippen molar-refractivity contribution >= 4 is 44.9 Å². The summed E-state index contributed by atoms with van der Waals surface area (Å²) in [5.74, 6) is 0.254. The molecule has 1 heterocycles. The van der Waals surface area contributed by atoms with Crippen molar-refractivity contribution in [3.8, 4) is 10.4 Å². The summed E-state index contributed by atoms with van der Waals surface area (Å²) in [5, 5.41) is 6.57. The van der Waals surface area contributed by atoms with Gasteiger partial charge in [0.15, 0.2) is 0 Å². The Hall–Kier alpha value is -2.86. The van der Waals surface area contributed by atoms with Crippen LogP contribution in [0.3, 0.4) is 0 Å². The van der Waals surface area contributed by atoms with Crippen LogP contribution in [-0.2, 0) is 19.5 Å². The van der Waals surface area contributed by atoms with E-state index in [4.69, 9.17) is 9.47 Å². The molecule has 1 aromatic carbocycles. The molecule has 39 heavy (non-hydrogen) atoms. The van der Waals surface area contributed by atoms with Crippen LogP contribution in [0.2, 0.25) is 0 Å². The van der Waals surface area contributed by atoms with Gasteiger partial charge in [-0.15, -0.1) is 11.3 Å². The second kappa shape index (κ2) is 12.5. The number of nitrogens with zero attached hydrogens (tertiary/aromatic N) is 1. The van der Waals surface area contributed by atoms with Gasteiger partial charge in [-0.3, -0.25) is 10.0 Å². The first-order valence-electron chi connectivity index (χ1n) is 13.2. The number of hydrogen-bond acceptors (Lipinski definition) is 8. The van der Waals surface area contributed by atoms with Crippen molar-refractivity contribution in [1.29, 1.82) is 0 Å². The molecule has 0 bridgehead atoms. The summed E-state index contributed by atoms with van der Waals surface area (Å²) in [6.07, 6.45) is 3.72. The Bertz CT molecular complexity index is 1260. The molecular formula is C27H40N4O6S2. The maximum absolute atomic E-state index is 13.0. The molecule has 1 saturated carbocycles. The molecule has 0 radical (unpaired) electrons. The maximum Gasteiger partial charge on any atom is 0.411 e. The number of aromatic nitrogens is 1. The van der Waals surface area contributed by atoms with Crippen LogP contribution in [0.15, 0.2) is 24.4 Å². The van der Waals surface area contributed by atoms with Gasteiger partial charge >= 0.3 is 12.2 Å². The summed E-state index contributed by atoms with van der Waals surface area (Å²) in [7, 11) is -3.74. The highest BCUT2D eigenvalue weighted by molar-refractivity contribution is 7.94. The van der Waals surface area contributed by atoms with Crippen molar-refractivity contribution in [3.05, 3.63) is 29.4 Å². The van der Waals surface area contributed by atoms with Crippen LogP contribution in [0.4, 0.5) is 21.0 Å². The van der Waals surface area contributed by atoms with Gasteiger partial charge in [-0.1, -0.05) is 0 Å². The van der Waals surface area contributed by atoms with Crippen LogP contribution in [0.5, 0.6) is 0 Å². The van der Waals surface area contributed by atoms with Crippen molar-refractivity contribution in [3.63, 3.8) is 0 Å². The van der Waals surface area contributed by atoms with Gasteiger partial charge in [0.1, 0.15) is 0 Å². The lowest BCUT2D eigenvalue weighted by atomic mass is 9.86. The number of amides is 2. The van der Waals surface area contributed by atoms with Crippen LogP contribution in [-0.4, -0.2) is 48.6 Å². The van der Waals surface area contributed by atoms with Gasteiger partial charge in [0.05, 0.1) is 32.5 Å². The number of carbonyl (C=O) groups is 2. The van der Waals surface area contributed by atoms with E-state index >= 15 is 0 Å².